The van der Waals surface area contributed by atoms with Crippen LogP contribution in [-0.2, 0) is 11.3 Å². The van der Waals surface area contributed by atoms with E-state index in [0.717, 1.165) is 24.2 Å². The van der Waals surface area contributed by atoms with Crippen LogP contribution in [0.5, 0.6) is 0 Å². The highest BCUT2D eigenvalue weighted by molar-refractivity contribution is 8.00. The van der Waals surface area contributed by atoms with Gasteiger partial charge in [-0.15, -0.1) is 16.9 Å². The summed E-state index contributed by atoms with van der Waals surface area (Å²) in [6.07, 6.45) is 2.19. The van der Waals surface area contributed by atoms with E-state index in [-0.39, 0.29) is 16.9 Å². The molecular weight excluding hydrogens is 322 g/mol. The number of unbranched alkanes of at least 4 members (excludes halogenated alkanes) is 1. The maximum atomic E-state index is 12.4. The molecule has 2 aromatic rings. The van der Waals surface area contributed by atoms with Crippen LogP contribution in [0.3, 0.4) is 0 Å². The summed E-state index contributed by atoms with van der Waals surface area (Å²) in [6, 6.07) is 11.7. The second-order valence-corrected chi connectivity index (χ2v) is 6.85. The summed E-state index contributed by atoms with van der Waals surface area (Å²) in [7, 11) is 0. The number of rotatable bonds is 8. The Bertz CT molecular complexity index is 708. The minimum absolute atomic E-state index is 0.130. The number of carbonyl (C=O) groups is 1. The zero-order valence-corrected chi connectivity index (χ0v) is 14.7. The number of carbonyl (C=O) groups excluding carboxylic acids is 1. The molecule has 1 N–H and O–H groups in total. The Kier molecular flexibility index (Phi) is 6.82. The van der Waals surface area contributed by atoms with Gasteiger partial charge in [-0.3, -0.25) is 4.79 Å². The first-order valence-electron chi connectivity index (χ1n) is 7.95. The molecule has 7 heteroatoms. The van der Waals surface area contributed by atoms with Gasteiger partial charge in [-0.05, 0) is 24.7 Å². The van der Waals surface area contributed by atoms with E-state index in [9.17, 15) is 10.1 Å². The van der Waals surface area contributed by atoms with Gasteiger partial charge in [0.05, 0.1) is 11.8 Å². The monoisotopic (exact) mass is 343 g/mol. The van der Waals surface area contributed by atoms with Crippen LogP contribution in [0, 0.1) is 11.3 Å². The van der Waals surface area contributed by atoms with Gasteiger partial charge in [0.25, 0.3) is 0 Å². The lowest BCUT2D eigenvalue weighted by Crippen LogP contribution is -2.25. The number of aromatic nitrogens is 3. The largest absolute Gasteiger partial charge is 0.307 e. The molecule has 1 unspecified atom stereocenters. The van der Waals surface area contributed by atoms with Crippen molar-refractivity contribution in [1.29, 1.82) is 5.26 Å². The quantitative estimate of drug-likeness (QED) is 0.745. The van der Waals surface area contributed by atoms with Crippen LogP contribution in [0.1, 0.15) is 37.9 Å². The molecule has 1 aromatic heterocycles. The van der Waals surface area contributed by atoms with E-state index in [2.05, 4.69) is 22.6 Å². The fraction of sp³-hybridized carbons (Fsp3) is 0.412. The van der Waals surface area contributed by atoms with Gasteiger partial charge in [0, 0.05) is 0 Å². The molecule has 0 bridgehead atoms. The molecule has 0 saturated heterocycles. The van der Waals surface area contributed by atoms with Gasteiger partial charge < -0.3 is 5.32 Å². The molecule has 1 heterocycles. The van der Waals surface area contributed by atoms with Crippen LogP contribution in [-0.4, -0.2) is 31.9 Å². The number of hydrogen-bond acceptors (Lipinski definition) is 5. The molecular formula is C17H21N5OS. The van der Waals surface area contributed by atoms with Crippen molar-refractivity contribution in [3.63, 3.8) is 0 Å². The van der Waals surface area contributed by atoms with Crippen molar-refractivity contribution in [2.45, 2.75) is 38.5 Å². The summed E-state index contributed by atoms with van der Waals surface area (Å²) in [5.41, 5.74) is 1.15. The van der Waals surface area contributed by atoms with Crippen LogP contribution in [0.15, 0.2) is 30.3 Å². The number of nitrogens with one attached hydrogen (secondary N) is 1. The molecule has 0 aliphatic rings. The Balaban J connectivity index is 2.09. The second kappa shape index (κ2) is 9.08. The molecule has 24 heavy (non-hydrogen) atoms. The maximum absolute atomic E-state index is 12.4. The van der Waals surface area contributed by atoms with E-state index in [0.29, 0.717) is 12.4 Å². The Morgan fingerprint density at radius 3 is 2.83 bits per heavy atom. The highest BCUT2D eigenvalue weighted by Crippen LogP contribution is 2.18. The first-order chi connectivity index (χ1) is 11.7. The van der Waals surface area contributed by atoms with Crippen molar-refractivity contribution in [3.05, 3.63) is 41.6 Å². The summed E-state index contributed by atoms with van der Waals surface area (Å²) in [4.78, 5) is 12.4. The van der Waals surface area contributed by atoms with Gasteiger partial charge >= 0.3 is 0 Å². The Morgan fingerprint density at radius 2 is 2.17 bits per heavy atom. The zero-order chi connectivity index (χ0) is 17.4. The normalized spacial score (nSPS) is 11.7. The Morgan fingerprint density at radius 1 is 1.42 bits per heavy atom. The van der Waals surface area contributed by atoms with Gasteiger partial charge in [-0.2, -0.15) is 5.26 Å². The van der Waals surface area contributed by atoms with E-state index >= 15 is 0 Å². The lowest BCUT2D eigenvalue weighted by Gasteiger charge is -2.13. The fourth-order valence-electron chi connectivity index (χ4n) is 2.08. The van der Waals surface area contributed by atoms with Crippen molar-refractivity contribution < 1.29 is 4.79 Å². The molecule has 0 aliphatic heterocycles. The van der Waals surface area contributed by atoms with Crippen LogP contribution in [0.2, 0.25) is 0 Å². The first-order valence-corrected chi connectivity index (χ1v) is 9.00. The average molecular weight is 343 g/mol. The molecule has 2 rings (SSSR count). The number of thioether (sulfide) groups is 1. The van der Waals surface area contributed by atoms with Crippen LogP contribution >= 0.6 is 11.8 Å². The topological polar surface area (TPSA) is 83.6 Å². The van der Waals surface area contributed by atoms with Gasteiger partial charge in [0.15, 0.2) is 5.82 Å². The lowest BCUT2D eigenvalue weighted by atomic mass is 10.2. The third-order valence-corrected chi connectivity index (χ3v) is 4.73. The maximum Gasteiger partial charge on any atom is 0.238 e. The van der Waals surface area contributed by atoms with Crippen molar-refractivity contribution in [1.82, 2.24) is 15.0 Å². The third kappa shape index (κ3) is 4.83. The Hall–Kier alpha value is -2.33. The van der Waals surface area contributed by atoms with Crippen molar-refractivity contribution in [3.8, 4) is 6.07 Å². The second-order valence-electron chi connectivity index (χ2n) is 5.40. The molecule has 6 nitrogen and oxygen atoms in total. The smallest absolute Gasteiger partial charge is 0.238 e. The van der Waals surface area contributed by atoms with Gasteiger partial charge in [0.1, 0.15) is 6.07 Å². The fourth-order valence-corrected chi connectivity index (χ4v) is 3.10. The summed E-state index contributed by atoms with van der Waals surface area (Å²) < 4.78 is 1.55. The Labute approximate surface area is 146 Å². The molecule has 0 saturated carbocycles. The zero-order valence-electron chi connectivity index (χ0n) is 13.9. The number of amides is 1. The predicted molar refractivity (Wildman–Crippen MR) is 95.7 cm³/mol. The molecule has 0 radical (unpaired) electrons. The minimum Gasteiger partial charge on any atom is -0.307 e. The summed E-state index contributed by atoms with van der Waals surface area (Å²) in [5, 5.41) is 19.7. The number of anilines is 1. The predicted octanol–water partition coefficient (Wildman–Crippen LogP) is 3.06. The van der Waals surface area contributed by atoms with Gasteiger partial charge in [-0.1, -0.05) is 48.9 Å². The number of hydrogen-bond donors (Lipinski definition) is 1. The van der Waals surface area contributed by atoms with Crippen LogP contribution < -0.4 is 5.32 Å². The van der Waals surface area contributed by atoms with E-state index in [1.54, 1.807) is 16.4 Å². The highest BCUT2D eigenvalue weighted by atomic mass is 32.2. The third-order valence-electron chi connectivity index (χ3n) is 3.49. The van der Waals surface area contributed by atoms with E-state index in [1.165, 1.54) is 0 Å². The molecule has 126 valence electrons. The van der Waals surface area contributed by atoms with Crippen molar-refractivity contribution in [2.24, 2.45) is 0 Å². The molecule has 0 fully saturated rings. The molecule has 1 amide bonds. The SMILES string of the molecule is CCCCSC(C)C(=O)Nc1c(C#N)nnn1Cc1ccccc1. The average Bonchev–Trinajstić information content (AvgIpc) is 2.97. The number of nitrogens with zero attached hydrogens (tertiary/aromatic N) is 4. The molecule has 1 atom stereocenters. The summed E-state index contributed by atoms with van der Waals surface area (Å²) in [6.45, 7) is 4.44. The number of nitriles is 1. The van der Waals surface area contributed by atoms with E-state index in [1.807, 2.05) is 43.3 Å². The molecule has 0 spiro atoms. The molecule has 0 aliphatic carbocycles. The van der Waals surface area contributed by atoms with Crippen molar-refractivity contribution in [2.75, 3.05) is 11.1 Å². The first kappa shape index (κ1) is 18.0. The van der Waals surface area contributed by atoms with Gasteiger partial charge in [0.2, 0.25) is 11.6 Å². The van der Waals surface area contributed by atoms with Gasteiger partial charge in [-0.25, -0.2) is 4.68 Å². The lowest BCUT2D eigenvalue weighted by molar-refractivity contribution is -0.115. The highest BCUT2D eigenvalue weighted by Gasteiger charge is 2.19. The standard InChI is InChI=1S/C17H21N5OS/c1-3-4-10-24-13(2)17(23)19-16-15(11-18)20-21-22(16)12-14-8-6-5-7-9-14/h5-9,13H,3-4,10,12H2,1-2H3,(H,19,23). The summed E-state index contributed by atoms with van der Waals surface area (Å²) in [5.74, 6) is 1.16. The molecule has 1 aromatic carbocycles. The number of benzene rings is 1. The van der Waals surface area contributed by atoms with Crippen molar-refractivity contribution >= 4 is 23.5 Å². The minimum atomic E-state index is -0.192. The van der Waals surface area contributed by atoms with Crippen LogP contribution in [0.4, 0.5) is 5.82 Å². The van der Waals surface area contributed by atoms with E-state index < -0.39 is 0 Å². The summed E-state index contributed by atoms with van der Waals surface area (Å²) >= 11 is 1.61. The van der Waals surface area contributed by atoms with Crippen LogP contribution in [0.25, 0.3) is 0 Å². The van der Waals surface area contributed by atoms with E-state index in [4.69, 9.17) is 0 Å².